The minimum atomic E-state index is -1.23. The van der Waals surface area contributed by atoms with E-state index in [1.54, 1.807) is 6.92 Å². The fourth-order valence-electron chi connectivity index (χ4n) is 3.42. The Morgan fingerprint density at radius 2 is 2.03 bits per heavy atom. The first kappa shape index (κ1) is 22.4. The number of carbonyl (C=O) groups excluding carboxylic acids is 3. The number of aryl methyl sites for hydroxylation is 1. The van der Waals surface area contributed by atoms with Crippen LogP contribution in [0.1, 0.15) is 20.9 Å². The number of fused-ring (bicyclic) bond motifs is 1. The van der Waals surface area contributed by atoms with Crippen LogP contribution in [0.2, 0.25) is 0 Å². The Balaban J connectivity index is 1.49. The SMILES string of the molecule is Cc1sc(SC2=C(C(=O)O)N3C(=O)[C@@H](NC(=O)Cc4ccccc4)[C@@H]3SC2)nc1C(N)=O. The maximum atomic E-state index is 12.8. The number of aromatic nitrogens is 1. The van der Waals surface area contributed by atoms with Crippen LogP contribution in [-0.4, -0.2) is 55.8 Å². The Morgan fingerprint density at radius 1 is 1.31 bits per heavy atom. The number of carbonyl (C=O) groups is 4. The topological polar surface area (TPSA) is 143 Å². The number of nitrogens with two attached hydrogens (primary N) is 1. The molecule has 4 rings (SSSR count). The van der Waals surface area contributed by atoms with Crippen LogP contribution in [-0.2, 0) is 20.8 Å². The zero-order valence-electron chi connectivity index (χ0n) is 16.7. The highest BCUT2D eigenvalue weighted by Gasteiger charge is 2.54. The Morgan fingerprint density at radius 3 is 2.66 bits per heavy atom. The molecule has 4 N–H and O–H groups in total. The highest BCUT2D eigenvalue weighted by molar-refractivity contribution is 8.07. The summed E-state index contributed by atoms with van der Waals surface area (Å²) < 4.78 is 0.477. The third kappa shape index (κ3) is 4.25. The van der Waals surface area contributed by atoms with Gasteiger partial charge in [0.2, 0.25) is 5.91 Å². The largest absolute Gasteiger partial charge is 0.477 e. The van der Waals surface area contributed by atoms with Gasteiger partial charge in [0, 0.05) is 15.5 Å². The third-order valence-corrected chi connectivity index (χ3v) is 8.46. The molecular formula is C20H18N4O5S3. The van der Waals surface area contributed by atoms with Crippen LogP contribution in [0.5, 0.6) is 0 Å². The zero-order chi connectivity index (χ0) is 23.0. The molecule has 3 heterocycles. The van der Waals surface area contributed by atoms with Crippen molar-refractivity contribution in [3.63, 3.8) is 0 Å². The smallest absolute Gasteiger partial charge is 0.353 e. The van der Waals surface area contributed by atoms with Crippen LogP contribution < -0.4 is 11.1 Å². The summed E-state index contributed by atoms with van der Waals surface area (Å²) in [5.41, 5.74) is 6.16. The van der Waals surface area contributed by atoms with E-state index in [2.05, 4.69) is 10.3 Å². The Hall–Kier alpha value is -2.83. The molecule has 0 aliphatic carbocycles. The van der Waals surface area contributed by atoms with Gasteiger partial charge in [-0.15, -0.1) is 23.1 Å². The van der Waals surface area contributed by atoms with Crippen molar-refractivity contribution >= 4 is 58.6 Å². The minimum absolute atomic E-state index is 0.120. The van der Waals surface area contributed by atoms with Gasteiger partial charge < -0.3 is 16.2 Å². The molecule has 2 aliphatic heterocycles. The molecule has 0 saturated carbocycles. The fraction of sp³-hybridized carbons (Fsp3) is 0.250. The van der Waals surface area contributed by atoms with Gasteiger partial charge in [0.25, 0.3) is 11.8 Å². The molecule has 1 saturated heterocycles. The zero-order valence-corrected chi connectivity index (χ0v) is 19.2. The fourth-order valence-corrected chi connectivity index (χ4v) is 7.17. The number of rotatable bonds is 7. The molecule has 12 heteroatoms. The summed E-state index contributed by atoms with van der Waals surface area (Å²) in [6.07, 6.45) is 0.135. The lowest BCUT2D eigenvalue weighted by molar-refractivity contribution is -0.150. The molecule has 1 aromatic heterocycles. The minimum Gasteiger partial charge on any atom is -0.477 e. The van der Waals surface area contributed by atoms with Crippen LogP contribution >= 0.6 is 34.9 Å². The van der Waals surface area contributed by atoms with Crippen molar-refractivity contribution in [3.05, 3.63) is 57.1 Å². The number of nitrogens with zero attached hydrogens (tertiary/aromatic N) is 2. The van der Waals surface area contributed by atoms with Crippen LogP contribution in [0.4, 0.5) is 0 Å². The van der Waals surface area contributed by atoms with Gasteiger partial charge in [-0.2, -0.15) is 0 Å². The monoisotopic (exact) mass is 490 g/mol. The summed E-state index contributed by atoms with van der Waals surface area (Å²) in [4.78, 5) is 55.1. The number of β-lactam (4-membered cyclic amide) rings is 1. The molecule has 3 amide bonds. The molecule has 2 aromatic rings. The number of thiazole rings is 1. The number of amides is 3. The average molecular weight is 491 g/mol. The lowest BCUT2D eigenvalue weighted by Crippen LogP contribution is -2.70. The second kappa shape index (κ2) is 8.96. The first-order valence-electron chi connectivity index (χ1n) is 9.45. The lowest BCUT2D eigenvalue weighted by Gasteiger charge is -2.49. The predicted octanol–water partition coefficient (Wildman–Crippen LogP) is 1.58. The molecule has 1 fully saturated rings. The van der Waals surface area contributed by atoms with Crippen LogP contribution in [0.15, 0.2) is 45.3 Å². The standard InChI is InChI=1S/C20H18N4O5S3/c1-9-13(16(21)26)23-20(31-9)32-11-8-30-18-14(17(27)24(18)15(11)19(28)29)22-12(25)7-10-5-3-2-4-6-10/h2-6,14,18H,7-8H2,1H3,(H2,21,26)(H,22,25)(H,28,29)/t14-,18+/m1/s1. The van der Waals surface area contributed by atoms with Crippen LogP contribution in [0.3, 0.4) is 0 Å². The molecule has 0 spiro atoms. The Bertz CT molecular complexity index is 1150. The van der Waals surface area contributed by atoms with Crippen molar-refractivity contribution < 1.29 is 24.3 Å². The second-order valence-electron chi connectivity index (χ2n) is 7.05. The maximum Gasteiger partial charge on any atom is 0.353 e. The normalized spacial score (nSPS) is 19.9. The molecule has 2 atom stereocenters. The van der Waals surface area contributed by atoms with E-state index in [4.69, 9.17) is 5.73 Å². The van der Waals surface area contributed by atoms with Gasteiger partial charge in [0.1, 0.15) is 22.8 Å². The summed E-state index contributed by atoms with van der Waals surface area (Å²) in [6, 6.07) is 8.38. The second-order valence-corrected chi connectivity index (χ2v) is 10.7. The van der Waals surface area contributed by atoms with E-state index >= 15 is 0 Å². The Kier molecular flexibility index (Phi) is 6.26. The van der Waals surface area contributed by atoms with Gasteiger partial charge in [-0.3, -0.25) is 19.3 Å². The van der Waals surface area contributed by atoms with Crippen molar-refractivity contribution in [2.75, 3.05) is 5.75 Å². The van der Waals surface area contributed by atoms with Gasteiger partial charge in [-0.05, 0) is 12.5 Å². The van der Waals surface area contributed by atoms with Crippen molar-refractivity contribution in [2.45, 2.75) is 29.1 Å². The van der Waals surface area contributed by atoms with E-state index in [1.165, 1.54) is 28.0 Å². The average Bonchev–Trinajstić information content (AvgIpc) is 3.12. The van der Waals surface area contributed by atoms with Gasteiger partial charge in [0.15, 0.2) is 4.34 Å². The summed E-state index contributed by atoms with van der Waals surface area (Å²) in [6.45, 7) is 1.71. The summed E-state index contributed by atoms with van der Waals surface area (Å²) in [5, 5.41) is 12.0. The van der Waals surface area contributed by atoms with E-state index in [-0.39, 0.29) is 23.7 Å². The summed E-state index contributed by atoms with van der Waals surface area (Å²) >= 11 is 3.72. The summed E-state index contributed by atoms with van der Waals surface area (Å²) in [5.74, 6) is -2.32. The first-order chi connectivity index (χ1) is 15.3. The molecule has 0 radical (unpaired) electrons. The van der Waals surface area contributed by atoms with Crippen molar-refractivity contribution in [1.29, 1.82) is 0 Å². The number of primary amides is 1. The van der Waals surface area contributed by atoms with Crippen molar-refractivity contribution in [1.82, 2.24) is 15.2 Å². The number of hydrogen-bond acceptors (Lipinski definition) is 8. The number of benzene rings is 1. The number of hydrogen-bond donors (Lipinski definition) is 3. The molecule has 32 heavy (non-hydrogen) atoms. The molecule has 1 aromatic carbocycles. The number of aliphatic carboxylic acids is 1. The molecule has 2 aliphatic rings. The van der Waals surface area contributed by atoms with Gasteiger partial charge >= 0.3 is 5.97 Å². The lowest BCUT2D eigenvalue weighted by atomic mass is 10.0. The number of carboxylic acids is 1. The van der Waals surface area contributed by atoms with E-state index in [0.29, 0.717) is 19.9 Å². The molecule has 0 unspecified atom stereocenters. The quantitative estimate of drug-likeness (QED) is 0.497. The van der Waals surface area contributed by atoms with Gasteiger partial charge in [-0.1, -0.05) is 42.1 Å². The summed E-state index contributed by atoms with van der Waals surface area (Å²) in [7, 11) is 0. The molecular weight excluding hydrogens is 472 g/mol. The van der Waals surface area contributed by atoms with Gasteiger partial charge in [0.05, 0.1) is 6.42 Å². The molecule has 9 nitrogen and oxygen atoms in total. The van der Waals surface area contributed by atoms with E-state index in [1.807, 2.05) is 30.3 Å². The third-order valence-electron chi connectivity index (χ3n) is 4.88. The first-order valence-corrected chi connectivity index (χ1v) is 12.1. The maximum absolute atomic E-state index is 12.8. The predicted molar refractivity (Wildman–Crippen MR) is 121 cm³/mol. The van der Waals surface area contributed by atoms with Crippen LogP contribution in [0, 0.1) is 6.92 Å². The highest BCUT2D eigenvalue weighted by Crippen LogP contribution is 2.46. The van der Waals surface area contributed by atoms with Gasteiger partial charge in [-0.25, -0.2) is 9.78 Å². The molecule has 0 bridgehead atoms. The van der Waals surface area contributed by atoms with E-state index in [0.717, 1.165) is 17.3 Å². The van der Waals surface area contributed by atoms with E-state index in [9.17, 15) is 24.3 Å². The number of thioether (sulfide) groups is 2. The van der Waals surface area contributed by atoms with Crippen LogP contribution in [0.25, 0.3) is 0 Å². The highest BCUT2D eigenvalue weighted by atomic mass is 32.2. The Labute approximate surface area is 195 Å². The van der Waals surface area contributed by atoms with E-state index < -0.39 is 29.2 Å². The number of nitrogens with one attached hydrogen (secondary N) is 1. The molecule has 166 valence electrons. The number of carboxylic acid groups (broad SMARTS) is 1. The van der Waals surface area contributed by atoms with Crippen molar-refractivity contribution in [2.24, 2.45) is 5.73 Å². The van der Waals surface area contributed by atoms with Crippen molar-refractivity contribution in [3.8, 4) is 0 Å².